The Hall–Kier alpha value is -2.11. The van der Waals surface area contributed by atoms with Crippen molar-refractivity contribution in [3.05, 3.63) is 30.6 Å². The lowest BCUT2D eigenvalue weighted by Crippen LogP contribution is -2.37. The zero-order valence-electron chi connectivity index (χ0n) is 16.1. The largest absolute Gasteiger partial charge is 0.354 e. The van der Waals surface area contributed by atoms with Crippen LogP contribution in [0.15, 0.2) is 24.8 Å². The van der Waals surface area contributed by atoms with Crippen molar-refractivity contribution >= 4 is 11.6 Å². The molecule has 1 unspecified atom stereocenters. The van der Waals surface area contributed by atoms with E-state index in [4.69, 9.17) is 15.0 Å². The van der Waals surface area contributed by atoms with E-state index in [9.17, 15) is 0 Å². The molecule has 2 saturated heterocycles. The van der Waals surface area contributed by atoms with E-state index in [1.54, 1.807) is 0 Å². The summed E-state index contributed by atoms with van der Waals surface area (Å²) < 4.78 is 2.43. The Kier molecular flexibility index (Phi) is 4.72. The van der Waals surface area contributed by atoms with Crippen LogP contribution in [-0.4, -0.2) is 45.7 Å². The second kappa shape index (κ2) is 7.49. The molecule has 0 amide bonds. The topological polar surface area (TPSA) is 50.1 Å². The molecule has 144 valence electrons. The summed E-state index contributed by atoms with van der Waals surface area (Å²) >= 11 is 0. The van der Waals surface area contributed by atoms with Crippen molar-refractivity contribution in [2.45, 2.75) is 57.4 Å². The highest BCUT2D eigenvalue weighted by Gasteiger charge is 2.29. The maximum atomic E-state index is 4.77. The maximum Gasteiger partial charge on any atom is 0.172 e. The SMILES string of the molecule is c1cnc(N2CCCC(c3nccn3CC3CCC3)C2)c(N2CCCC2)n1. The van der Waals surface area contributed by atoms with Gasteiger partial charge >= 0.3 is 0 Å². The predicted molar refractivity (Wildman–Crippen MR) is 107 cm³/mol. The van der Waals surface area contributed by atoms with Crippen molar-refractivity contribution in [1.29, 1.82) is 0 Å². The smallest absolute Gasteiger partial charge is 0.172 e. The molecule has 0 bridgehead atoms. The van der Waals surface area contributed by atoms with Crippen molar-refractivity contribution in [1.82, 2.24) is 19.5 Å². The normalized spacial score (nSPS) is 23.6. The molecule has 1 aliphatic carbocycles. The highest BCUT2D eigenvalue weighted by Crippen LogP contribution is 2.34. The van der Waals surface area contributed by atoms with Gasteiger partial charge in [-0.2, -0.15) is 0 Å². The van der Waals surface area contributed by atoms with Crippen LogP contribution >= 0.6 is 0 Å². The number of anilines is 2. The van der Waals surface area contributed by atoms with Gasteiger partial charge in [0.1, 0.15) is 5.82 Å². The summed E-state index contributed by atoms with van der Waals surface area (Å²) in [5.41, 5.74) is 0. The summed E-state index contributed by atoms with van der Waals surface area (Å²) in [6.45, 7) is 5.43. The third kappa shape index (κ3) is 3.42. The minimum atomic E-state index is 0.488. The Morgan fingerprint density at radius 2 is 1.52 bits per heavy atom. The molecule has 1 atom stereocenters. The molecule has 2 aromatic rings. The number of rotatable bonds is 5. The molecule has 1 saturated carbocycles. The lowest BCUT2D eigenvalue weighted by atomic mass is 9.85. The summed E-state index contributed by atoms with van der Waals surface area (Å²) in [6, 6.07) is 0. The van der Waals surface area contributed by atoms with Crippen molar-refractivity contribution in [2.24, 2.45) is 5.92 Å². The molecule has 2 aromatic heterocycles. The van der Waals surface area contributed by atoms with E-state index in [-0.39, 0.29) is 0 Å². The summed E-state index contributed by atoms with van der Waals surface area (Å²) in [5, 5.41) is 0. The maximum absolute atomic E-state index is 4.77. The van der Waals surface area contributed by atoms with Crippen LogP contribution in [-0.2, 0) is 6.54 Å². The number of imidazole rings is 1. The van der Waals surface area contributed by atoms with Gasteiger partial charge in [-0.05, 0) is 44.4 Å². The minimum absolute atomic E-state index is 0.488. The third-order valence-corrected chi connectivity index (χ3v) is 6.58. The zero-order chi connectivity index (χ0) is 18.1. The fourth-order valence-corrected chi connectivity index (χ4v) is 4.87. The Balaban J connectivity index is 1.35. The van der Waals surface area contributed by atoms with Crippen LogP contribution in [0.1, 0.15) is 56.7 Å². The van der Waals surface area contributed by atoms with E-state index in [1.807, 2.05) is 18.6 Å². The monoisotopic (exact) mass is 366 g/mol. The van der Waals surface area contributed by atoms with Gasteiger partial charge in [0.05, 0.1) is 0 Å². The van der Waals surface area contributed by atoms with E-state index in [2.05, 4.69) is 20.6 Å². The standard InChI is InChI=1S/C21H30N6/c1-2-12-25(11-1)20-21(23-9-8-22-20)26-13-4-7-18(16-26)19-24-10-14-27(19)15-17-5-3-6-17/h8-10,14,17-18H,1-7,11-13,15-16H2. The number of nitrogens with zero attached hydrogens (tertiary/aromatic N) is 6. The second-order valence-electron chi connectivity index (χ2n) is 8.42. The summed E-state index contributed by atoms with van der Waals surface area (Å²) in [5.74, 6) is 4.77. The molecule has 4 heterocycles. The van der Waals surface area contributed by atoms with Crippen molar-refractivity contribution in [3.63, 3.8) is 0 Å². The molecular weight excluding hydrogens is 336 g/mol. The fourth-order valence-electron chi connectivity index (χ4n) is 4.87. The van der Waals surface area contributed by atoms with Gasteiger partial charge in [0.25, 0.3) is 0 Å². The summed E-state index contributed by atoms with van der Waals surface area (Å²) in [7, 11) is 0. The molecule has 2 aliphatic heterocycles. The number of aromatic nitrogens is 4. The number of hydrogen-bond acceptors (Lipinski definition) is 5. The first-order valence-corrected chi connectivity index (χ1v) is 10.7. The van der Waals surface area contributed by atoms with Gasteiger partial charge in [-0.25, -0.2) is 15.0 Å². The molecule has 6 heteroatoms. The lowest BCUT2D eigenvalue weighted by molar-refractivity contribution is 0.270. The Morgan fingerprint density at radius 1 is 0.778 bits per heavy atom. The lowest BCUT2D eigenvalue weighted by Gasteiger charge is -2.35. The average molecular weight is 367 g/mol. The van der Waals surface area contributed by atoms with E-state index in [1.165, 1.54) is 50.8 Å². The highest BCUT2D eigenvalue weighted by molar-refractivity contribution is 5.63. The van der Waals surface area contributed by atoms with Crippen molar-refractivity contribution in [3.8, 4) is 0 Å². The third-order valence-electron chi connectivity index (χ3n) is 6.58. The first-order valence-electron chi connectivity index (χ1n) is 10.7. The van der Waals surface area contributed by atoms with Crippen molar-refractivity contribution in [2.75, 3.05) is 36.0 Å². The Morgan fingerprint density at radius 3 is 2.26 bits per heavy atom. The molecule has 5 rings (SSSR count). The molecule has 0 N–H and O–H groups in total. The quantitative estimate of drug-likeness (QED) is 0.811. The molecule has 27 heavy (non-hydrogen) atoms. The molecule has 6 nitrogen and oxygen atoms in total. The van der Waals surface area contributed by atoms with Gasteiger partial charge in [0, 0.05) is 63.4 Å². The Labute approximate surface area is 161 Å². The molecule has 3 aliphatic rings. The van der Waals surface area contributed by atoms with Crippen LogP contribution in [0.4, 0.5) is 11.6 Å². The second-order valence-corrected chi connectivity index (χ2v) is 8.42. The van der Waals surface area contributed by atoms with Gasteiger partial charge in [-0.1, -0.05) is 6.42 Å². The Bertz CT molecular complexity index is 762. The van der Waals surface area contributed by atoms with Crippen LogP contribution in [0, 0.1) is 5.92 Å². The van der Waals surface area contributed by atoms with Crippen molar-refractivity contribution < 1.29 is 0 Å². The molecular formula is C21H30N6. The van der Waals surface area contributed by atoms with Crippen LogP contribution in [0.5, 0.6) is 0 Å². The van der Waals surface area contributed by atoms with Gasteiger partial charge in [0.2, 0.25) is 0 Å². The van der Waals surface area contributed by atoms with E-state index in [0.29, 0.717) is 5.92 Å². The van der Waals surface area contributed by atoms with Gasteiger partial charge in [0.15, 0.2) is 11.6 Å². The molecule has 0 radical (unpaired) electrons. The van der Waals surface area contributed by atoms with Gasteiger partial charge in [-0.15, -0.1) is 0 Å². The van der Waals surface area contributed by atoms with Crippen LogP contribution in [0.2, 0.25) is 0 Å². The van der Waals surface area contributed by atoms with E-state index < -0.39 is 0 Å². The van der Waals surface area contributed by atoms with E-state index >= 15 is 0 Å². The van der Waals surface area contributed by atoms with Crippen LogP contribution < -0.4 is 9.80 Å². The molecule has 3 fully saturated rings. The first-order chi connectivity index (χ1) is 13.4. The number of hydrogen-bond donors (Lipinski definition) is 0. The predicted octanol–water partition coefficient (Wildman–Crippen LogP) is 3.46. The average Bonchev–Trinajstić information content (AvgIpc) is 3.37. The first kappa shape index (κ1) is 17.0. The van der Waals surface area contributed by atoms with Gasteiger partial charge < -0.3 is 14.4 Å². The van der Waals surface area contributed by atoms with Crippen LogP contribution in [0.25, 0.3) is 0 Å². The fraction of sp³-hybridized carbons (Fsp3) is 0.667. The molecule has 0 aromatic carbocycles. The summed E-state index contributed by atoms with van der Waals surface area (Å²) in [4.78, 5) is 19.1. The molecule has 0 spiro atoms. The van der Waals surface area contributed by atoms with Crippen LogP contribution in [0.3, 0.4) is 0 Å². The summed E-state index contributed by atoms with van der Waals surface area (Å²) in [6.07, 6.45) is 17.0. The zero-order valence-corrected chi connectivity index (χ0v) is 16.1. The van der Waals surface area contributed by atoms with E-state index in [0.717, 1.165) is 50.3 Å². The minimum Gasteiger partial charge on any atom is -0.354 e. The van der Waals surface area contributed by atoms with Gasteiger partial charge in [-0.3, -0.25) is 0 Å². The number of piperidine rings is 1. The highest BCUT2D eigenvalue weighted by atomic mass is 15.3.